The molecule has 16 heavy (non-hydrogen) atoms. The summed E-state index contributed by atoms with van der Waals surface area (Å²) in [7, 11) is 1.84. The highest BCUT2D eigenvalue weighted by molar-refractivity contribution is 5.91. The number of amides is 1. The van der Waals surface area contributed by atoms with Gasteiger partial charge in [0, 0.05) is 30.9 Å². The lowest BCUT2D eigenvalue weighted by Crippen LogP contribution is -2.18. The number of fused-ring (bicyclic) bond motifs is 1. The van der Waals surface area contributed by atoms with E-state index in [0.717, 1.165) is 18.7 Å². The number of hydrogen-bond acceptors (Lipinski definition) is 3. The van der Waals surface area contributed by atoms with Crippen LogP contribution in [0.25, 0.3) is 0 Å². The van der Waals surface area contributed by atoms with Gasteiger partial charge in [-0.3, -0.25) is 4.79 Å². The van der Waals surface area contributed by atoms with E-state index in [-0.39, 0.29) is 5.91 Å². The van der Waals surface area contributed by atoms with Gasteiger partial charge in [-0.2, -0.15) is 0 Å². The summed E-state index contributed by atoms with van der Waals surface area (Å²) in [6.07, 6.45) is 1.54. The molecule has 0 unspecified atom stereocenters. The van der Waals surface area contributed by atoms with Gasteiger partial charge in [-0.05, 0) is 37.2 Å². The summed E-state index contributed by atoms with van der Waals surface area (Å²) in [5, 5.41) is 9.15. The number of carbonyl (C=O) groups excluding carboxylic acids is 1. The van der Waals surface area contributed by atoms with E-state index in [1.807, 2.05) is 25.2 Å². The number of benzene rings is 1. The molecule has 1 aliphatic heterocycles. The van der Waals surface area contributed by atoms with Crippen LogP contribution in [0.4, 0.5) is 11.4 Å². The predicted octanol–water partition coefficient (Wildman–Crippen LogP) is 1.20. The largest absolute Gasteiger partial charge is 0.384 e. The van der Waals surface area contributed by atoms with Crippen LogP contribution in [0.1, 0.15) is 12.0 Å². The summed E-state index contributed by atoms with van der Waals surface area (Å²) in [5.74, 6) is 0.0558. The molecule has 0 fully saturated rings. The lowest BCUT2D eigenvalue weighted by Gasteiger charge is -2.07. The molecular formula is C12H17N3O. The topological polar surface area (TPSA) is 53.2 Å². The molecule has 0 spiro atoms. The minimum atomic E-state index is 0.0558. The van der Waals surface area contributed by atoms with Gasteiger partial charge in [-0.25, -0.2) is 0 Å². The number of carbonyl (C=O) groups is 1. The Morgan fingerprint density at radius 3 is 3.19 bits per heavy atom. The lowest BCUT2D eigenvalue weighted by atomic mass is 10.1. The zero-order chi connectivity index (χ0) is 11.4. The van der Waals surface area contributed by atoms with E-state index in [9.17, 15) is 4.79 Å². The van der Waals surface area contributed by atoms with Crippen LogP contribution in [0.15, 0.2) is 18.2 Å². The van der Waals surface area contributed by atoms with Crippen molar-refractivity contribution in [2.75, 3.05) is 30.8 Å². The number of rotatable bonds is 4. The summed E-state index contributed by atoms with van der Waals surface area (Å²) in [4.78, 5) is 11.5. The second-order valence-corrected chi connectivity index (χ2v) is 3.95. The fourth-order valence-corrected chi connectivity index (χ4v) is 1.84. The Kier molecular flexibility index (Phi) is 3.41. The van der Waals surface area contributed by atoms with Crippen molar-refractivity contribution >= 4 is 17.3 Å². The quantitative estimate of drug-likeness (QED) is 0.713. The molecule has 4 heteroatoms. The summed E-state index contributed by atoms with van der Waals surface area (Å²) in [6.45, 7) is 1.70. The summed E-state index contributed by atoms with van der Waals surface area (Å²) in [6, 6.07) is 6.01. The first-order chi connectivity index (χ1) is 7.79. The van der Waals surface area contributed by atoms with Gasteiger partial charge < -0.3 is 16.0 Å². The van der Waals surface area contributed by atoms with Crippen LogP contribution in [-0.2, 0) is 11.2 Å². The second-order valence-electron chi connectivity index (χ2n) is 3.95. The van der Waals surface area contributed by atoms with Crippen LogP contribution in [0.2, 0.25) is 0 Å². The highest BCUT2D eigenvalue weighted by Crippen LogP contribution is 2.25. The van der Waals surface area contributed by atoms with Crippen molar-refractivity contribution in [3.8, 4) is 0 Å². The van der Waals surface area contributed by atoms with Gasteiger partial charge in [0.25, 0.3) is 0 Å². The van der Waals surface area contributed by atoms with Gasteiger partial charge in [-0.15, -0.1) is 0 Å². The van der Waals surface area contributed by atoms with E-state index in [0.29, 0.717) is 13.0 Å². The maximum absolute atomic E-state index is 11.5. The smallest absolute Gasteiger partial charge is 0.225 e. The van der Waals surface area contributed by atoms with Crippen molar-refractivity contribution in [1.82, 2.24) is 5.32 Å². The molecule has 0 radical (unpaired) electrons. The highest BCUT2D eigenvalue weighted by atomic mass is 16.1. The summed E-state index contributed by atoms with van der Waals surface area (Å²) >= 11 is 0. The number of anilines is 2. The summed E-state index contributed by atoms with van der Waals surface area (Å²) < 4.78 is 0. The van der Waals surface area contributed by atoms with Crippen molar-refractivity contribution < 1.29 is 4.79 Å². The molecule has 0 aromatic heterocycles. The van der Waals surface area contributed by atoms with E-state index >= 15 is 0 Å². The first-order valence-electron chi connectivity index (χ1n) is 5.61. The molecular weight excluding hydrogens is 202 g/mol. The zero-order valence-electron chi connectivity index (χ0n) is 9.47. The molecule has 1 aromatic carbocycles. The third kappa shape index (κ3) is 2.52. The SMILES string of the molecule is CNCCC(=O)Nc1ccc2c(c1)CCN2. The van der Waals surface area contributed by atoms with Crippen LogP contribution in [0.5, 0.6) is 0 Å². The molecule has 4 nitrogen and oxygen atoms in total. The normalized spacial score (nSPS) is 13.1. The average Bonchev–Trinajstić information content (AvgIpc) is 2.73. The van der Waals surface area contributed by atoms with Crippen LogP contribution in [-0.4, -0.2) is 26.0 Å². The monoisotopic (exact) mass is 219 g/mol. The molecule has 0 saturated heterocycles. The Morgan fingerprint density at radius 1 is 1.50 bits per heavy atom. The fraction of sp³-hybridized carbons (Fsp3) is 0.417. The van der Waals surface area contributed by atoms with Gasteiger partial charge in [0.15, 0.2) is 0 Å². The summed E-state index contributed by atoms with van der Waals surface area (Å²) in [5.41, 5.74) is 3.36. The average molecular weight is 219 g/mol. The molecule has 2 rings (SSSR count). The van der Waals surface area contributed by atoms with Crippen LogP contribution >= 0.6 is 0 Å². The Balaban J connectivity index is 1.97. The zero-order valence-corrected chi connectivity index (χ0v) is 9.47. The standard InChI is InChI=1S/C12H17N3O/c1-13-6-5-12(16)15-10-2-3-11-9(8-10)4-7-14-11/h2-3,8,13-14H,4-7H2,1H3,(H,15,16). The van der Waals surface area contributed by atoms with E-state index in [1.54, 1.807) is 0 Å². The van der Waals surface area contributed by atoms with Crippen molar-refractivity contribution in [3.63, 3.8) is 0 Å². The van der Waals surface area contributed by atoms with E-state index < -0.39 is 0 Å². The molecule has 0 bridgehead atoms. The predicted molar refractivity (Wildman–Crippen MR) is 65.8 cm³/mol. The lowest BCUT2D eigenvalue weighted by molar-refractivity contribution is -0.116. The third-order valence-corrected chi connectivity index (χ3v) is 2.70. The van der Waals surface area contributed by atoms with Gasteiger partial charge >= 0.3 is 0 Å². The Morgan fingerprint density at radius 2 is 2.38 bits per heavy atom. The minimum Gasteiger partial charge on any atom is -0.384 e. The van der Waals surface area contributed by atoms with Crippen LogP contribution in [0, 0.1) is 0 Å². The molecule has 86 valence electrons. The maximum Gasteiger partial charge on any atom is 0.225 e. The van der Waals surface area contributed by atoms with E-state index in [1.165, 1.54) is 11.3 Å². The first kappa shape index (κ1) is 11.0. The molecule has 1 aliphatic rings. The van der Waals surface area contributed by atoms with Gasteiger partial charge in [0.1, 0.15) is 0 Å². The van der Waals surface area contributed by atoms with Crippen LogP contribution < -0.4 is 16.0 Å². The molecule has 0 saturated carbocycles. The van der Waals surface area contributed by atoms with Crippen molar-refractivity contribution in [2.45, 2.75) is 12.8 Å². The van der Waals surface area contributed by atoms with E-state index in [4.69, 9.17) is 0 Å². The molecule has 0 atom stereocenters. The van der Waals surface area contributed by atoms with Crippen molar-refractivity contribution in [3.05, 3.63) is 23.8 Å². The van der Waals surface area contributed by atoms with Gasteiger partial charge in [-0.1, -0.05) is 0 Å². The molecule has 1 aromatic rings. The first-order valence-corrected chi connectivity index (χ1v) is 5.61. The minimum absolute atomic E-state index is 0.0558. The maximum atomic E-state index is 11.5. The number of hydrogen-bond donors (Lipinski definition) is 3. The Labute approximate surface area is 95.4 Å². The third-order valence-electron chi connectivity index (χ3n) is 2.70. The fourth-order valence-electron chi connectivity index (χ4n) is 1.84. The molecule has 0 aliphatic carbocycles. The highest BCUT2D eigenvalue weighted by Gasteiger charge is 2.10. The molecule has 1 heterocycles. The Hall–Kier alpha value is -1.55. The van der Waals surface area contributed by atoms with Crippen molar-refractivity contribution in [1.29, 1.82) is 0 Å². The van der Waals surface area contributed by atoms with Gasteiger partial charge in [0.2, 0.25) is 5.91 Å². The van der Waals surface area contributed by atoms with E-state index in [2.05, 4.69) is 16.0 Å². The molecule has 3 N–H and O–H groups in total. The van der Waals surface area contributed by atoms with Crippen molar-refractivity contribution in [2.24, 2.45) is 0 Å². The van der Waals surface area contributed by atoms with Gasteiger partial charge in [0.05, 0.1) is 0 Å². The number of nitrogens with one attached hydrogen (secondary N) is 3. The second kappa shape index (κ2) is 4.99. The Bertz CT molecular complexity index is 390. The molecule has 1 amide bonds. The van der Waals surface area contributed by atoms with Crippen LogP contribution in [0.3, 0.4) is 0 Å².